The second-order valence-electron chi connectivity index (χ2n) is 1.99. The van der Waals surface area contributed by atoms with Gasteiger partial charge in [-0.05, 0) is 10.4 Å². The molecule has 0 aromatic carbocycles. The Morgan fingerprint density at radius 1 is 1.55 bits per heavy atom. The van der Waals surface area contributed by atoms with Crippen LogP contribution < -0.4 is 0 Å². The van der Waals surface area contributed by atoms with Crippen molar-refractivity contribution in [1.29, 1.82) is 0 Å². The minimum Gasteiger partial charge on any atom is -0.220 e. The van der Waals surface area contributed by atoms with E-state index in [1.165, 1.54) is 7.05 Å². The van der Waals surface area contributed by atoms with Gasteiger partial charge in [0.1, 0.15) is 0 Å². The minimum absolute atomic E-state index is 0.0151. The third kappa shape index (κ3) is 1.37. The van der Waals surface area contributed by atoms with Gasteiger partial charge in [0, 0.05) is 7.05 Å². The van der Waals surface area contributed by atoms with Crippen LogP contribution in [0.3, 0.4) is 0 Å². The van der Waals surface area contributed by atoms with Crippen molar-refractivity contribution in [2.75, 3.05) is 5.75 Å². The zero-order valence-corrected chi connectivity index (χ0v) is 7.04. The summed E-state index contributed by atoms with van der Waals surface area (Å²) in [6.45, 7) is 1.55. The maximum atomic E-state index is 11.1. The van der Waals surface area contributed by atoms with E-state index >= 15 is 0 Å². The Morgan fingerprint density at radius 2 is 2.18 bits per heavy atom. The normalized spacial score (nSPS) is 11.8. The molecule has 0 aliphatic rings. The van der Waals surface area contributed by atoms with Gasteiger partial charge in [-0.25, -0.2) is 13.1 Å². The Hall–Kier alpha value is -0.980. The summed E-state index contributed by atoms with van der Waals surface area (Å²) in [4.78, 5) is 0. The molecule has 0 saturated heterocycles. The van der Waals surface area contributed by atoms with E-state index in [1.807, 2.05) is 0 Å². The SMILES string of the molecule is CCS(=O)(=O)c1nnnn1C. The van der Waals surface area contributed by atoms with Crippen LogP contribution in [-0.2, 0) is 16.9 Å². The smallest absolute Gasteiger partial charge is 0.220 e. The summed E-state index contributed by atoms with van der Waals surface area (Å²) in [6, 6.07) is 0. The van der Waals surface area contributed by atoms with Gasteiger partial charge >= 0.3 is 0 Å². The highest BCUT2D eigenvalue weighted by atomic mass is 32.2. The largest absolute Gasteiger partial charge is 0.267 e. The van der Waals surface area contributed by atoms with Crippen molar-refractivity contribution >= 4 is 9.84 Å². The highest BCUT2D eigenvalue weighted by molar-refractivity contribution is 7.91. The maximum Gasteiger partial charge on any atom is 0.267 e. The van der Waals surface area contributed by atoms with Gasteiger partial charge in [0.15, 0.2) is 0 Å². The van der Waals surface area contributed by atoms with Crippen molar-refractivity contribution in [3.05, 3.63) is 0 Å². The third-order valence-electron chi connectivity index (χ3n) is 1.24. The van der Waals surface area contributed by atoms with E-state index in [-0.39, 0.29) is 10.9 Å². The van der Waals surface area contributed by atoms with Crippen molar-refractivity contribution in [1.82, 2.24) is 20.2 Å². The quantitative estimate of drug-likeness (QED) is 0.577. The fourth-order valence-electron chi connectivity index (χ4n) is 0.614. The van der Waals surface area contributed by atoms with E-state index in [0.717, 1.165) is 4.68 Å². The van der Waals surface area contributed by atoms with Gasteiger partial charge in [-0.2, -0.15) is 0 Å². The van der Waals surface area contributed by atoms with Crippen LogP contribution in [0.5, 0.6) is 0 Å². The first-order valence-corrected chi connectivity index (χ1v) is 4.68. The third-order valence-corrected chi connectivity index (χ3v) is 2.90. The van der Waals surface area contributed by atoms with E-state index in [4.69, 9.17) is 0 Å². The molecule has 1 rings (SSSR count). The Labute approximate surface area is 64.1 Å². The van der Waals surface area contributed by atoms with Gasteiger partial charge in [0.25, 0.3) is 5.16 Å². The highest BCUT2D eigenvalue weighted by Crippen LogP contribution is 2.02. The summed E-state index contributed by atoms with van der Waals surface area (Å²) in [5.41, 5.74) is 0. The lowest BCUT2D eigenvalue weighted by Crippen LogP contribution is -2.10. The van der Waals surface area contributed by atoms with Crippen molar-refractivity contribution in [2.45, 2.75) is 12.1 Å². The van der Waals surface area contributed by atoms with E-state index in [1.54, 1.807) is 6.92 Å². The number of rotatable bonds is 2. The molecular formula is C4H8N4O2S. The van der Waals surface area contributed by atoms with Crippen molar-refractivity contribution in [3.63, 3.8) is 0 Å². The van der Waals surface area contributed by atoms with Crippen LogP contribution in [0.15, 0.2) is 5.16 Å². The minimum atomic E-state index is -3.26. The fourth-order valence-corrected chi connectivity index (χ4v) is 1.47. The van der Waals surface area contributed by atoms with Crippen molar-refractivity contribution in [2.24, 2.45) is 7.05 Å². The molecule has 62 valence electrons. The summed E-state index contributed by atoms with van der Waals surface area (Å²) in [5, 5.41) is 9.92. The van der Waals surface area contributed by atoms with Gasteiger partial charge in [-0.3, -0.25) is 0 Å². The molecule has 0 amide bonds. The Balaban J connectivity index is 3.22. The van der Waals surface area contributed by atoms with Crippen molar-refractivity contribution < 1.29 is 8.42 Å². The number of aryl methyl sites for hydroxylation is 1. The molecule has 0 aliphatic carbocycles. The molecule has 0 unspecified atom stereocenters. The molecule has 0 radical (unpaired) electrons. The molecular weight excluding hydrogens is 168 g/mol. The number of nitrogens with zero attached hydrogens (tertiary/aromatic N) is 4. The Bertz CT molecular complexity index is 341. The fraction of sp³-hybridized carbons (Fsp3) is 0.750. The molecule has 1 aromatic heterocycles. The summed E-state index contributed by atoms with van der Waals surface area (Å²) < 4.78 is 23.4. The molecule has 7 heteroatoms. The second-order valence-corrected chi connectivity index (χ2v) is 4.16. The van der Waals surface area contributed by atoms with Crippen LogP contribution in [0.4, 0.5) is 0 Å². The summed E-state index contributed by atoms with van der Waals surface area (Å²) in [6.07, 6.45) is 0. The van der Waals surface area contributed by atoms with E-state index in [2.05, 4.69) is 15.5 Å². The lowest BCUT2D eigenvalue weighted by atomic mass is 11.0. The molecule has 0 N–H and O–H groups in total. The highest BCUT2D eigenvalue weighted by Gasteiger charge is 2.17. The van der Waals surface area contributed by atoms with E-state index in [9.17, 15) is 8.42 Å². The average Bonchev–Trinajstić information content (AvgIpc) is 2.36. The molecule has 0 atom stereocenters. The Morgan fingerprint density at radius 3 is 2.55 bits per heavy atom. The van der Waals surface area contributed by atoms with Crippen LogP contribution in [0.1, 0.15) is 6.92 Å². The predicted octanol–water partition coefficient (Wildman–Crippen LogP) is -0.996. The molecule has 6 nitrogen and oxygen atoms in total. The zero-order valence-electron chi connectivity index (χ0n) is 6.22. The van der Waals surface area contributed by atoms with Gasteiger partial charge < -0.3 is 0 Å². The molecule has 1 heterocycles. The molecule has 11 heavy (non-hydrogen) atoms. The van der Waals surface area contributed by atoms with E-state index < -0.39 is 9.84 Å². The number of hydrogen-bond donors (Lipinski definition) is 0. The van der Waals surface area contributed by atoms with Gasteiger partial charge in [-0.15, -0.1) is 0 Å². The van der Waals surface area contributed by atoms with Crippen LogP contribution in [0.2, 0.25) is 0 Å². The standard InChI is InChI=1S/C4H8N4O2S/c1-3-11(9,10)4-5-6-7-8(4)2/h3H2,1-2H3. The summed E-state index contributed by atoms with van der Waals surface area (Å²) in [7, 11) is -1.77. The predicted molar refractivity (Wildman–Crippen MR) is 36.5 cm³/mol. The van der Waals surface area contributed by atoms with Crippen molar-refractivity contribution in [3.8, 4) is 0 Å². The molecule has 0 fully saturated rings. The second kappa shape index (κ2) is 2.57. The van der Waals surface area contributed by atoms with Crippen LogP contribution in [-0.4, -0.2) is 34.4 Å². The molecule has 0 bridgehead atoms. The number of hydrogen-bond acceptors (Lipinski definition) is 5. The first kappa shape index (κ1) is 8.12. The average molecular weight is 176 g/mol. The first-order chi connectivity index (χ1) is 5.08. The lowest BCUT2D eigenvalue weighted by molar-refractivity contribution is 0.570. The number of sulfone groups is 1. The molecule has 1 aromatic rings. The van der Waals surface area contributed by atoms with Crippen LogP contribution >= 0.6 is 0 Å². The van der Waals surface area contributed by atoms with Crippen LogP contribution in [0, 0.1) is 0 Å². The summed E-state index contributed by atoms with van der Waals surface area (Å²) in [5.74, 6) is 0.0151. The Kier molecular flexibility index (Phi) is 1.90. The lowest BCUT2D eigenvalue weighted by Gasteiger charge is -1.95. The molecule has 0 aliphatic heterocycles. The van der Waals surface area contributed by atoms with Gasteiger partial charge in [0.05, 0.1) is 5.75 Å². The first-order valence-electron chi connectivity index (χ1n) is 3.03. The topological polar surface area (TPSA) is 77.7 Å². The summed E-state index contributed by atoms with van der Waals surface area (Å²) >= 11 is 0. The zero-order chi connectivity index (χ0) is 8.48. The maximum absolute atomic E-state index is 11.1. The van der Waals surface area contributed by atoms with Crippen LogP contribution in [0.25, 0.3) is 0 Å². The number of aromatic nitrogens is 4. The molecule has 0 saturated carbocycles. The van der Waals surface area contributed by atoms with Gasteiger partial charge in [0.2, 0.25) is 9.84 Å². The number of tetrazole rings is 1. The van der Waals surface area contributed by atoms with E-state index in [0.29, 0.717) is 0 Å². The monoisotopic (exact) mass is 176 g/mol. The molecule has 0 spiro atoms. The van der Waals surface area contributed by atoms with Gasteiger partial charge in [-0.1, -0.05) is 12.0 Å².